The van der Waals surface area contributed by atoms with E-state index in [1.165, 1.54) is 0 Å². The fraction of sp³-hybridized carbons (Fsp3) is 0.207. The number of ether oxygens (including phenoxy) is 1. The topological polar surface area (TPSA) is 112 Å². The third-order valence-electron chi connectivity index (χ3n) is 7.14. The van der Waals surface area contributed by atoms with Crippen LogP contribution in [0, 0.1) is 0 Å². The van der Waals surface area contributed by atoms with Crippen molar-refractivity contribution in [2.24, 2.45) is 0 Å². The van der Waals surface area contributed by atoms with Gasteiger partial charge in [-0.15, -0.1) is 0 Å². The number of likely N-dealkylation sites (N-methyl/N-ethyl adjacent to an activating group) is 1. The number of fused-ring (bicyclic) bond motifs is 2. The van der Waals surface area contributed by atoms with Gasteiger partial charge in [-0.2, -0.15) is 5.10 Å². The smallest absolute Gasteiger partial charge is 0.180 e. The minimum atomic E-state index is 0.473. The van der Waals surface area contributed by atoms with Gasteiger partial charge >= 0.3 is 0 Å². The predicted octanol–water partition coefficient (Wildman–Crippen LogP) is 4.29. The molecule has 5 aromatic heterocycles. The predicted molar refractivity (Wildman–Crippen MR) is 150 cm³/mol. The minimum Gasteiger partial charge on any atom is -0.487 e. The van der Waals surface area contributed by atoms with E-state index in [4.69, 9.17) is 9.72 Å². The summed E-state index contributed by atoms with van der Waals surface area (Å²) in [6.07, 6.45) is 7.12. The first-order valence-corrected chi connectivity index (χ1v) is 13.0. The Bertz CT molecular complexity index is 1750. The molecule has 0 saturated carbocycles. The van der Waals surface area contributed by atoms with E-state index in [9.17, 15) is 0 Å². The van der Waals surface area contributed by atoms with Crippen LogP contribution in [0.1, 0.15) is 5.56 Å². The van der Waals surface area contributed by atoms with Crippen molar-refractivity contribution in [2.75, 3.05) is 38.1 Å². The average Bonchev–Trinajstić information content (AvgIpc) is 3.61. The quantitative estimate of drug-likeness (QED) is 0.337. The number of anilines is 1. The highest BCUT2D eigenvalue weighted by atomic mass is 16.5. The monoisotopic (exact) mass is 517 g/mol. The maximum Gasteiger partial charge on any atom is 0.180 e. The first-order valence-electron chi connectivity index (χ1n) is 13.0. The normalized spacial score (nSPS) is 14.3. The molecule has 1 aliphatic heterocycles. The molecule has 2 N–H and O–H groups in total. The molecule has 10 nitrogen and oxygen atoms in total. The number of hydrogen-bond acceptors (Lipinski definition) is 8. The summed E-state index contributed by atoms with van der Waals surface area (Å²) in [5.74, 6) is 1.35. The van der Waals surface area contributed by atoms with Gasteiger partial charge in [0, 0.05) is 49.5 Å². The van der Waals surface area contributed by atoms with Crippen molar-refractivity contribution in [3.63, 3.8) is 0 Å². The van der Waals surface area contributed by atoms with Crippen LogP contribution in [-0.4, -0.2) is 73.2 Å². The Morgan fingerprint density at radius 1 is 0.949 bits per heavy atom. The maximum absolute atomic E-state index is 5.98. The van der Waals surface area contributed by atoms with Crippen LogP contribution in [0.25, 0.3) is 44.8 Å². The maximum atomic E-state index is 5.98. The van der Waals surface area contributed by atoms with E-state index in [-0.39, 0.29) is 0 Å². The van der Waals surface area contributed by atoms with Crippen LogP contribution in [0.3, 0.4) is 0 Å². The van der Waals surface area contributed by atoms with Crippen LogP contribution < -0.4 is 9.64 Å². The molecule has 0 radical (unpaired) electrons. The lowest BCUT2D eigenvalue weighted by atomic mass is 10.1. The largest absolute Gasteiger partial charge is 0.487 e. The summed E-state index contributed by atoms with van der Waals surface area (Å²) < 4.78 is 5.98. The Morgan fingerprint density at radius 3 is 2.69 bits per heavy atom. The first kappa shape index (κ1) is 23.3. The van der Waals surface area contributed by atoms with Crippen LogP contribution in [0.5, 0.6) is 5.75 Å². The Balaban J connectivity index is 1.20. The number of pyridine rings is 3. The van der Waals surface area contributed by atoms with Crippen LogP contribution >= 0.6 is 0 Å². The summed E-state index contributed by atoms with van der Waals surface area (Å²) in [7, 11) is 2.16. The van der Waals surface area contributed by atoms with Crippen molar-refractivity contribution in [3.05, 3.63) is 78.9 Å². The standard InChI is InChI=1S/C29H27N9O/c1-37-9-11-38(12-10-37)25-7-8-31-28-27(25)33-29(34-28)26-22-14-23(32-17-24(22)35-36-26)20-13-21(16-30-15-20)39-18-19-5-3-2-4-6-19/h2-8,13-17H,9-12,18H2,1H3,(H,35,36)(H,31,33,34). The molecule has 1 aliphatic rings. The fourth-order valence-corrected chi connectivity index (χ4v) is 4.95. The molecule has 1 fully saturated rings. The van der Waals surface area contributed by atoms with Crippen molar-refractivity contribution in [1.29, 1.82) is 0 Å². The summed E-state index contributed by atoms with van der Waals surface area (Å²) in [6, 6.07) is 16.1. The van der Waals surface area contributed by atoms with Crippen molar-refractivity contribution >= 4 is 27.8 Å². The molecule has 7 rings (SSSR count). The Kier molecular flexibility index (Phi) is 5.86. The highest BCUT2D eigenvalue weighted by Gasteiger charge is 2.20. The van der Waals surface area contributed by atoms with E-state index in [2.05, 4.69) is 53.0 Å². The molecule has 194 valence electrons. The summed E-state index contributed by atoms with van der Waals surface area (Å²) in [5, 5.41) is 8.59. The molecule has 0 unspecified atom stereocenters. The van der Waals surface area contributed by atoms with Gasteiger partial charge in [-0.1, -0.05) is 30.3 Å². The number of nitrogens with zero attached hydrogens (tertiary/aromatic N) is 7. The van der Waals surface area contributed by atoms with Gasteiger partial charge in [0.1, 0.15) is 23.6 Å². The Morgan fingerprint density at radius 2 is 1.82 bits per heavy atom. The molecule has 0 aliphatic carbocycles. The second-order valence-corrected chi connectivity index (χ2v) is 9.78. The van der Waals surface area contributed by atoms with Crippen LogP contribution in [0.4, 0.5) is 5.69 Å². The third kappa shape index (κ3) is 4.55. The molecule has 0 bridgehead atoms. The zero-order chi connectivity index (χ0) is 26.2. The molecule has 1 saturated heterocycles. The second kappa shape index (κ2) is 9.80. The third-order valence-corrected chi connectivity index (χ3v) is 7.14. The highest BCUT2D eigenvalue weighted by Crippen LogP contribution is 2.32. The molecule has 0 atom stereocenters. The zero-order valence-corrected chi connectivity index (χ0v) is 21.5. The summed E-state index contributed by atoms with van der Waals surface area (Å²) in [5.41, 5.74) is 7.00. The first-order chi connectivity index (χ1) is 19.2. The number of benzene rings is 1. The number of nitrogens with one attached hydrogen (secondary N) is 2. The highest BCUT2D eigenvalue weighted by molar-refractivity contribution is 5.95. The summed E-state index contributed by atoms with van der Waals surface area (Å²) >= 11 is 0. The number of aromatic amines is 2. The van der Waals surface area contributed by atoms with Crippen molar-refractivity contribution in [3.8, 4) is 28.5 Å². The molecule has 6 aromatic rings. The Hall–Kier alpha value is -4.83. The Labute approximate surface area is 224 Å². The lowest BCUT2D eigenvalue weighted by molar-refractivity contribution is 0.305. The molecule has 0 amide bonds. The summed E-state index contributed by atoms with van der Waals surface area (Å²) in [6.45, 7) is 4.45. The SMILES string of the molecule is CN1CCN(c2ccnc3nc(-c4n[nH]c5cnc(-c6cncc(OCc7ccccc7)c6)cc45)[nH]c23)CC1. The van der Waals surface area contributed by atoms with E-state index >= 15 is 0 Å². The lowest BCUT2D eigenvalue weighted by Crippen LogP contribution is -2.44. The molecule has 10 heteroatoms. The average molecular weight is 518 g/mol. The van der Waals surface area contributed by atoms with E-state index in [0.29, 0.717) is 23.8 Å². The van der Waals surface area contributed by atoms with Gasteiger partial charge in [0.25, 0.3) is 0 Å². The number of rotatable bonds is 6. The van der Waals surface area contributed by atoms with Gasteiger partial charge in [0.05, 0.1) is 29.3 Å². The molecule has 6 heterocycles. The molecular formula is C29H27N9O. The van der Waals surface area contributed by atoms with Gasteiger partial charge in [-0.25, -0.2) is 9.97 Å². The van der Waals surface area contributed by atoms with Crippen LogP contribution in [0.2, 0.25) is 0 Å². The van der Waals surface area contributed by atoms with Crippen LogP contribution in [0.15, 0.2) is 73.3 Å². The number of H-pyrrole nitrogens is 2. The number of piperazine rings is 1. The summed E-state index contributed by atoms with van der Waals surface area (Å²) in [4.78, 5) is 26.6. The van der Waals surface area contributed by atoms with Crippen molar-refractivity contribution in [2.45, 2.75) is 6.61 Å². The lowest BCUT2D eigenvalue weighted by Gasteiger charge is -2.34. The minimum absolute atomic E-state index is 0.473. The molecular weight excluding hydrogens is 490 g/mol. The van der Waals surface area contributed by atoms with Gasteiger partial charge in [0.15, 0.2) is 11.5 Å². The molecule has 0 spiro atoms. The van der Waals surface area contributed by atoms with Crippen molar-refractivity contribution < 1.29 is 4.74 Å². The molecule has 39 heavy (non-hydrogen) atoms. The number of hydrogen-bond donors (Lipinski definition) is 2. The van der Waals surface area contributed by atoms with Gasteiger partial charge in [-0.3, -0.25) is 15.1 Å². The fourth-order valence-electron chi connectivity index (χ4n) is 4.95. The van der Waals surface area contributed by atoms with E-state index in [1.807, 2.05) is 48.7 Å². The molecule has 1 aromatic carbocycles. The number of imidazole rings is 1. The van der Waals surface area contributed by atoms with Gasteiger partial charge in [0.2, 0.25) is 0 Å². The van der Waals surface area contributed by atoms with Gasteiger partial charge < -0.3 is 19.5 Å². The zero-order valence-electron chi connectivity index (χ0n) is 21.5. The van der Waals surface area contributed by atoms with Gasteiger partial charge in [-0.05, 0) is 30.8 Å². The van der Waals surface area contributed by atoms with E-state index < -0.39 is 0 Å². The van der Waals surface area contributed by atoms with E-state index in [0.717, 1.165) is 70.8 Å². The van der Waals surface area contributed by atoms with E-state index in [1.54, 1.807) is 18.6 Å². The van der Waals surface area contributed by atoms with Crippen LogP contribution in [-0.2, 0) is 6.61 Å². The second-order valence-electron chi connectivity index (χ2n) is 9.78. The van der Waals surface area contributed by atoms with Crippen molar-refractivity contribution in [1.82, 2.24) is 40.0 Å². The number of aromatic nitrogens is 7.